The number of hydrogen-bond donors (Lipinski definition) is 4. The van der Waals surface area contributed by atoms with Crippen molar-refractivity contribution in [3.05, 3.63) is 28.3 Å². The van der Waals surface area contributed by atoms with Crippen molar-refractivity contribution in [1.29, 1.82) is 0 Å². The molecule has 0 amide bonds. The van der Waals surface area contributed by atoms with Crippen LogP contribution in [0.4, 0.5) is 11.4 Å². The minimum absolute atomic E-state index is 0.105. The van der Waals surface area contributed by atoms with Crippen LogP contribution in [0.2, 0.25) is 0 Å². The molecule has 1 aliphatic rings. The Morgan fingerprint density at radius 1 is 1.38 bits per heavy atom. The normalized spacial score (nSPS) is 29.0. The summed E-state index contributed by atoms with van der Waals surface area (Å²) in [5, 5.41) is 42.4. The lowest BCUT2D eigenvalue weighted by Crippen LogP contribution is -2.55. The smallest absolute Gasteiger partial charge is 0.296 e. The van der Waals surface area contributed by atoms with Crippen molar-refractivity contribution in [1.82, 2.24) is 0 Å². The molecule has 0 aliphatic carbocycles. The van der Waals surface area contributed by atoms with E-state index in [2.05, 4.69) is 5.32 Å². The van der Waals surface area contributed by atoms with E-state index in [4.69, 9.17) is 9.47 Å². The third-order valence-electron chi connectivity index (χ3n) is 3.20. The number of nitro groups is 1. The molecular formula is C12H16N2O7. The van der Waals surface area contributed by atoms with Gasteiger partial charge in [0.05, 0.1) is 24.7 Å². The third-order valence-corrected chi connectivity index (χ3v) is 3.20. The molecule has 0 unspecified atom stereocenters. The van der Waals surface area contributed by atoms with Crippen LogP contribution >= 0.6 is 0 Å². The molecule has 1 saturated heterocycles. The predicted octanol–water partition coefficient (Wildman–Crippen LogP) is -0.546. The summed E-state index contributed by atoms with van der Waals surface area (Å²) in [5.41, 5.74) is -0.154. The first-order chi connectivity index (χ1) is 9.93. The number of methoxy groups -OCH3 is 1. The number of benzene rings is 1. The molecule has 0 radical (unpaired) electrons. The average molecular weight is 300 g/mol. The molecule has 1 aliphatic heterocycles. The number of hydrogen-bond acceptors (Lipinski definition) is 8. The molecule has 116 valence electrons. The molecule has 0 saturated carbocycles. The van der Waals surface area contributed by atoms with Crippen molar-refractivity contribution in [2.75, 3.05) is 19.0 Å². The summed E-state index contributed by atoms with van der Waals surface area (Å²) in [4.78, 5) is 10.4. The molecule has 1 heterocycles. The molecule has 1 fully saturated rings. The Balaban J connectivity index is 2.21. The van der Waals surface area contributed by atoms with Gasteiger partial charge in [0.15, 0.2) is 6.23 Å². The van der Waals surface area contributed by atoms with Gasteiger partial charge < -0.3 is 30.1 Å². The number of aliphatic hydroxyl groups is 3. The molecule has 9 heteroatoms. The van der Waals surface area contributed by atoms with Gasteiger partial charge >= 0.3 is 0 Å². The molecule has 1 aromatic rings. The highest BCUT2D eigenvalue weighted by atomic mass is 16.6. The van der Waals surface area contributed by atoms with Crippen molar-refractivity contribution in [3.63, 3.8) is 0 Å². The molecule has 0 bridgehead atoms. The van der Waals surface area contributed by atoms with Gasteiger partial charge in [-0.1, -0.05) is 0 Å². The number of ether oxygens (including phenoxy) is 2. The summed E-state index contributed by atoms with van der Waals surface area (Å²) >= 11 is 0. The zero-order chi connectivity index (χ0) is 15.6. The number of nitro benzene ring substituents is 1. The lowest BCUT2D eigenvalue weighted by atomic mass is 10.0. The molecule has 4 atom stereocenters. The van der Waals surface area contributed by atoms with Gasteiger partial charge in [-0.05, 0) is 12.1 Å². The van der Waals surface area contributed by atoms with E-state index < -0.39 is 29.5 Å². The minimum Gasteiger partial charge on any atom is -0.496 e. The van der Waals surface area contributed by atoms with E-state index in [-0.39, 0.29) is 18.0 Å². The Morgan fingerprint density at radius 3 is 2.71 bits per heavy atom. The van der Waals surface area contributed by atoms with Crippen molar-refractivity contribution in [2.24, 2.45) is 0 Å². The quantitative estimate of drug-likeness (QED) is 0.430. The standard InChI is InChI=1S/C12H16N2O7/c1-20-6-2-3-7(8(4-6)14(18)19)13-12-11(17)10(16)9(15)5-21-12/h2-4,9-13,15-17H,5H2,1H3/t9-,10-,11+,12+/m1/s1. The van der Waals surface area contributed by atoms with E-state index in [0.717, 1.165) is 0 Å². The van der Waals surface area contributed by atoms with Gasteiger partial charge in [0.2, 0.25) is 0 Å². The molecule has 9 nitrogen and oxygen atoms in total. The first kappa shape index (κ1) is 15.4. The lowest BCUT2D eigenvalue weighted by Gasteiger charge is -2.35. The predicted molar refractivity (Wildman–Crippen MR) is 71.0 cm³/mol. The highest BCUT2D eigenvalue weighted by Crippen LogP contribution is 2.30. The van der Waals surface area contributed by atoms with Crippen LogP contribution in [0.25, 0.3) is 0 Å². The van der Waals surface area contributed by atoms with E-state index in [0.29, 0.717) is 5.75 Å². The number of nitrogens with one attached hydrogen (secondary N) is 1. The second-order valence-electron chi connectivity index (χ2n) is 4.59. The van der Waals surface area contributed by atoms with Gasteiger partial charge in [-0.3, -0.25) is 10.1 Å². The van der Waals surface area contributed by atoms with Gasteiger partial charge in [0.1, 0.15) is 29.7 Å². The van der Waals surface area contributed by atoms with Crippen molar-refractivity contribution < 1.29 is 29.7 Å². The van der Waals surface area contributed by atoms with Gasteiger partial charge in [0.25, 0.3) is 5.69 Å². The van der Waals surface area contributed by atoms with Crippen LogP contribution in [0.3, 0.4) is 0 Å². The largest absolute Gasteiger partial charge is 0.496 e. The maximum absolute atomic E-state index is 11.0. The third kappa shape index (κ3) is 3.22. The van der Waals surface area contributed by atoms with E-state index in [1.807, 2.05) is 0 Å². The van der Waals surface area contributed by atoms with Crippen LogP contribution in [0.5, 0.6) is 5.75 Å². The summed E-state index contributed by atoms with van der Waals surface area (Å²) < 4.78 is 10.1. The highest BCUT2D eigenvalue weighted by molar-refractivity contribution is 5.64. The van der Waals surface area contributed by atoms with E-state index >= 15 is 0 Å². The van der Waals surface area contributed by atoms with Gasteiger partial charge in [-0.15, -0.1) is 0 Å². The average Bonchev–Trinajstić information content (AvgIpc) is 2.48. The Labute approximate surface area is 119 Å². The number of nitrogens with zero attached hydrogens (tertiary/aromatic N) is 1. The molecule has 4 N–H and O–H groups in total. The van der Waals surface area contributed by atoms with Crippen molar-refractivity contribution in [2.45, 2.75) is 24.5 Å². The van der Waals surface area contributed by atoms with Gasteiger partial charge in [0, 0.05) is 0 Å². The van der Waals surface area contributed by atoms with Crippen LogP contribution in [-0.4, -0.2) is 58.5 Å². The summed E-state index contributed by atoms with van der Waals surface area (Å²) in [6.07, 6.45) is -5.09. The van der Waals surface area contributed by atoms with E-state index in [1.165, 1.54) is 25.3 Å². The van der Waals surface area contributed by atoms with Crippen LogP contribution in [-0.2, 0) is 4.74 Å². The number of anilines is 1. The fourth-order valence-electron chi connectivity index (χ4n) is 2.00. The first-order valence-corrected chi connectivity index (χ1v) is 6.19. The topological polar surface area (TPSA) is 134 Å². The SMILES string of the molecule is COc1ccc(N[C@H]2OC[C@@H](O)[C@@H](O)[C@@H]2O)c([N+](=O)[O-])c1. The molecule has 1 aromatic carbocycles. The van der Waals surface area contributed by atoms with Crippen LogP contribution in [0, 0.1) is 10.1 Å². The first-order valence-electron chi connectivity index (χ1n) is 6.19. The van der Waals surface area contributed by atoms with Gasteiger partial charge in [-0.25, -0.2) is 0 Å². The second-order valence-corrected chi connectivity index (χ2v) is 4.59. The monoisotopic (exact) mass is 300 g/mol. The molecule has 0 aromatic heterocycles. The van der Waals surface area contributed by atoms with Crippen molar-refractivity contribution >= 4 is 11.4 Å². The van der Waals surface area contributed by atoms with Crippen LogP contribution in [0.1, 0.15) is 0 Å². The highest BCUT2D eigenvalue weighted by Gasteiger charge is 2.38. The number of rotatable bonds is 4. The Hall–Kier alpha value is -1.94. The Kier molecular flexibility index (Phi) is 4.58. The molecular weight excluding hydrogens is 284 g/mol. The summed E-state index contributed by atoms with van der Waals surface area (Å²) in [7, 11) is 1.39. The van der Waals surface area contributed by atoms with E-state index in [9.17, 15) is 25.4 Å². The Morgan fingerprint density at radius 2 is 2.10 bits per heavy atom. The molecule has 0 spiro atoms. The zero-order valence-electron chi connectivity index (χ0n) is 11.2. The van der Waals surface area contributed by atoms with E-state index in [1.54, 1.807) is 0 Å². The fourth-order valence-corrected chi connectivity index (χ4v) is 2.00. The summed E-state index contributed by atoms with van der Waals surface area (Å²) in [5.74, 6) is 0.313. The fraction of sp³-hybridized carbons (Fsp3) is 0.500. The van der Waals surface area contributed by atoms with Crippen LogP contribution < -0.4 is 10.1 Å². The molecule has 2 rings (SSSR count). The van der Waals surface area contributed by atoms with Crippen molar-refractivity contribution in [3.8, 4) is 5.75 Å². The second kappa shape index (κ2) is 6.22. The maximum atomic E-state index is 11.0. The number of aliphatic hydroxyl groups excluding tert-OH is 3. The Bertz CT molecular complexity index is 524. The zero-order valence-corrected chi connectivity index (χ0v) is 11.2. The lowest BCUT2D eigenvalue weighted by molar-refractivity contribution is -0.384. The maximum Gasteiger partial charge on any atom is 0.296 e. The molecule has 21 heavy (non-hydrogen) atoms. The summed E-state index contributed by atoms with van der Waals surface area (Å²) in [6, 6.07) is 4.14. The van der Waals surface area contributed by atoms with Gasteiger partial charge in [-0.2, -0.15) is 0 Å². The van der Waals surface area contributed by atoms with Crippen LogP contribution in [0.15, 0.2) is 18.2 Å². The summed E-state index contributed by atoms with van der Waals surface area (Å²) in [6.45, 7) is -0.195. The minimum atomic E-state index is -1.42.